The Morgan fingerprint density at radius 1 is 1.45 bits per heavy atom. The number of nitrogens with zero attached hydrogens (tertiary/aromatic N) is 1. The first kappa shape index (κ1) is 18.9. The first-order valence-electron chi connectivity index (χ1n) is 7.43. The highest BCUT2D eigenvalue weighted by Gasteiger charge is 2.24. The van der Waals surface area contributed by atoms with Gasteiger partial charge in [-0.15, -0.1) is 23.7 Å². The molecule has 1 aromatic rings. The van der Waals surface area contributed by atoms with Crippen molar-refractivity contribution < 1.29 is 9.59 Å². The number of carbonyl (C=O) groups excluding carboxylic acids is 2. The summed E-state index contributed by atoms with van der Waals surface area (Å²) in [5, 5.41) is 4.65. The maximum absolute atomic E-state index is 12.1. The van der Waals surface area contributed by atoms with E-state index in [4.69, 9.17) is 5.73 Å². The lowest BCUT2D eigenvalue weighted by molar-refractivity contribution is -0.132. The van der Waals surface area contributed by atoms with E-state index >= 15 is 0 Å². The molecule has 7 heteroatoms. The van der Waals surface area contributed by atoms with Crippen molar-refractivity contribution in [3.8, 4) is 0 Å². The molecule has 0 spiro atoms. The van der Waals surface area contributed by atoms with Crippen molar-refractivity contribution in [3.05, 3.63) is 22.4 Å². The third kappa shape index (κ3) is 5.26. The smallest absolute Gasteiger partial charge is 0.261 e. The molecule has 1 aromatic heterocycles. The molecule has 0 aliphatic carbocycles. The molecule has 1 atom stereocenters. The van der Waals surface area contributed by atoms with E-state index in [0.29, 0.717) is 23.8 Å². The predicted molar refractivity (Wildman–Crippen MR) is 91.5 cm³/mol. The van der Waals surface area contributed by atoms with Crippen molar-refractivity contribution in [3.63, 3.8) is 0 Å². The number of hydrogen-bond donors (Lipinski definition) is 2. The molecular formula is C15H24ClN3O2S. The summed E-state index contributed by atoms with van der Waals surface area (Å²) in [6, 6.07) is 3.82. The lowest BCUT2D eigenvalue weighted by Gasteiger charge is -2.33. The number of nitrogens with one attached hydrogen (secondary N) is 1. The van der Waals surface area contributed by atoms with Crippen molar-refractivity contribution in [1.82, 2.24) is 10.2 Å². The van der Waals surface area contributed by atoms with E-state index in [-0.39, 0.29) is 30.3 Å². The Balaban J connectivity index is 0.00000242. The molecule has 1 aliphatic rings. The van der Waals surface area contributed by atoms with Gasteiger partial charge in [-0.1, -0.05) is 6.07 Å². The number of piperidine rings is 1. The Labute approximate surface area is 141 Å². The highest BCUT2D eigenvalue weighted by atomic mass is 35.5. The van der Waals surface area contributed by atoms with E-state index in [1.807, 2.05) is 23.3 Å². The molecule has 5 nitrogen and oxygen atoms in total. The summed E-state index contributed by atoms with van der Waals surface area (Å²) in [5.74, 6) is 0.533. The highest BCUT2D eigenvalue weighted by Crippen LogP contribution is 2.19. The summed E-state index contributed by atoms with van der Waals surface area (Å²) in [7, 11) is 0. The van der Waals surface area contributed by atoms with Gasteiger partial charge in [0, 0.05) is 32.1 Å². The second-order valence-electron chi connectivity index (χ2n) is 5.56. The van der Waals surface area contributed by atoms with Crippen LogP contribution in [-0.2, 0) is 4.79 Å². The van der Waals surface area contributed by atoms with E-state index in [1.54, 1.807) is 6.07 Å². The van der Waals surface area contributed by atoms with Crippen LogP contribution in [-0.4, -0.2) is 42.4 Å². The maximum atomic E-state index is 12.1. The van der Waals surface area contributed by atoms with Gasteiger partial charge in [0.1, 0.15) is 0 Å². The molecule has 3 N–H and O–H groups in total. The van der Waals surface area contributed by atoms with Gasteiger partial charge in [-0.05, 0) is 37.1 Å². The average Bonchev–Trinajstić information content (AvgIpc) is 3.01. The maximum Gasteiger partial charge on any atom is 0.261 e. The molecule has 0 radical (unpaired) electrons. The summed E-state index contributed by atoms with van der Waals surface area (Å²) >= 11 is 1.40. The van der Waals surface area contributed by atoms with E-state index in [1.165, 1.54) is 11.3 Å². The second-order valence-corrected chi connectivity index (χ2v) is 6.51. The Kier molecular flexibility index (Phi) is 7.85. The first-order chi connectivity index (χ1) is 10.1. The molecule has 2 heterocycles. The molecule has 0 saturated carbocycles. The van der Waals surface area contributed by atoms with E-state index in [2.05, 4.69) is 5.32 Å². The van der Waals surface area contributed by atoms with Gasteiger partial charge in [0.05, 0.1) is 4.88 Å². The summed E-state index contributed by atoms with van der Waals surface area (Å²) in [5.41, 5.74) is 5.90. The number of halogens is 1. The van der Waals surface area contributed by atoms with Crippen molar-refractivity contribution >= 4 is 35.6 Å². The van der Waals surface area contributed by atoms with Crippen LogP contribution in [0.4, 0.5) is 0 Å². The van der Waals surface area contributed by atoms with Crippen LogP contribution in [0.15, 0.2) is 17.5 Å². The Hall–Kier alpha value is -1.11. The van der Waals surface area contributed by atoms with E-state index in [0.717, 1.165) is 25.9 Å². The quantitative estimate of drug-likeness (QED) is 0.855. The van der Waals surface area contributed by atoms with Gasteiger partial charge in [-0.2, -0.15) is 0 Å². The minimum absolute atomic E-state index is 0. The van der Waals surface area contributed by atoms with Crippen molar-refractivity contribution in [2.24, 2.45) is 11.7 Å². The number of likely N-dealkylation sites (tertiary alicyclic amines) is 1. The monoisotopic (exact) mass is 345 g/mol. The Morgan fingerprint density at radius 3 is 2.68 bits per heavy atom. The standard InChI is InChI=1S/C15H23N3O2S.ClH/c1-11(16)12-5-8-18(9-6-12)14(19)4-7-17-15(20)13-3-2-10-21-13;/h2-3,10-12H,4-9,16H2,1H3,(H,17,20);1H. The number of rotatable bonds is 5. The fraction of sp³-hybridized carbons (Fsp3) is 0.600. The molecule has 1 fully saturated rings. The molecule has 2 rings (SSSR count). The van der Waals surface area contributed by atoms with Crippen LogP contribution in [0.5, 0.6) is 0 Å². The van der Waals surface area contributed by atoms with Gasteiger partial charge in [-0.25, -0.2) is 0 Å². The number of nitrogens with two attached hydrogens (primary N) is 1. The molecule has 1 aliphatic heterocycles. The lowest BCUT2D eigenvalue weighted by Crippen LogP contribution is -2.43. The van der Waals surface area contributed by atoms with Crippen LogP contribution in [0.1, 0.15) is 35.9 Å². The van der Waals surface area contributed by atoms with Crippen LogP contribution < -0.4 is 11.1 Å². The van der Waals surface area contributed by atoms with Gasteiger partial charge >= 0.3 is 0 Å². The third-order valence-electron chi connectivity index (χ3n) is 4.01. The van der Waals surface area contributed by atoms with Gasteiger partial charge in [-0.3, -0.25) is 9.59 Å². The minimum atomic E-state index is -0.103. The number of amides is 2. The van der Waals surface area contributed by atoms with E-state index < -0.39 is 0 Å². The fourth-order valence-corrected chi connectivity index (χ4v) is 3.25. The summed E-state index contributed by atoms with van der Waals surface area (Å²) in [6.45, 7) is 3.98. The molecule has 0 bridgehead atoms. The summed E-state index contributed by atoms with van der Waals surface area (Å²) < 4.78 is 0. The van der Waals surface area contributed by atoms with Crippen molar-refractivity contribution in [1.29, 1.82) is 0 Å². The highest BCUT2D eigenvalue weighted by molar-refractivity contribution is 7.12. The predicted octanol–water partition coefficient (Wildman–Crippen LogP) is 1.88. The number of thiophene rings is 1. The normalized spacial score (nSPS) is 16.7. The summed E-state index contributed by atoms with van der Waals surface area (Å²) in [4.78, 5) is 26.4. The zero-order chi connectivity index (χ0) is 15.2. The molecule has 1 saturated heterocycles. The Bertz CT molecular complexity index is 471. The molecule has 124 valence electrons. The first-order valence-corrected chi connectivity index (χ1v) is 8.31. The van der Waals surface area contributed by atoms with E-state index in [9.17, 15) is 9.59 Å². The zero-order valence-electron chi connectivity index (χ0n) is 12.8. The lowest BCUT2D eigenvalue weighted by atomic mass is 9.91. The van der Waals surface area contributed by atoms with Crippen LogP contribution >= 0.6 is 23.7 Å². The average molecular weight is 346 g/mol. The SMILES string of the molecule is CC(N)C1CCN(C(=O)CCNC(=O)c2cccs2)CC1.Cl. The van der Waals surface area contributed by atoms with Crippen LogP contribution in [0.3, 0.4) is 0 Å². The molecule has 0 aromatic carbocycles. The molecule has 1 unspecified atom stereocenters. The van der Waals surface area contributed by atoms with Crippen LogP contribution in [0, 0.1) is 5.92 Å². The van der Waals surface area contributed by atoms with Crippen molar-refractivity contribution in [2.75, 3.05) is 19.6 Å². The second kappa shape index (κ2) is 9.12. The molecule has 22 heavy (non-hydrogen) atoms. The number of hydrogen-bond acceptors (Lipinski definition) is 4. The zero-order valence-corrected chi connectivity index (χ0v) is 14.4. The number of carbonyl (C=O) groups is 2. The molecule has 2 amide bonds. The molecular weight excluding hydrogens is 322 g/mol. The largest absolute Gasteiger partial charge is 0.351 e. The van der Waals surface area contributed by atoms with Crippen LogP contribution in [0.25, 0.3) is 0 Å². The van der Waals surface area contributed by atoms with Gasteiger partial charge in [0.25, 0.3) is 5.91 Å². The minimum Gasteiger partial charge on any atom is -0.351 e. The van der Waals surface area contributed by atoms with Gasteiger partial charge in [0.15, 0.2) is 0 Å². The van der Waals surface area contributed by atoms with Crippen LogP contribution in [0.2, 0.25) is 0 Å². The topological polar surface area (TPSA) is 75.4 Å². The van der Waals surface area contributed by atoms with Gasteiger partial charge < -0.3 is 16.0 Å². The fourth-order valence-electron chi connectivity index (χ4n) is 2.61. The summed E-state index contributed by atoms with van der Waals surface area (Å²) in [6.07, 6.45) is 2.32. The van der Waals surface area contributed by atoms with Crippen molar-refractivity contribution in [2.45, 2.75) is 32.2 Å². The van der Waals surface area contributed by atoms with Gasteiger partial charge in [0.2, 0.25) is 5.91 Å². The third-order valence-corrected chi connectivity index (χ3v) is 4.87. The Morgan fingerprint density at radius 2 is 2.14 bits per heavy atom.